The zero-order chi connectivity index (χ0) is 17.3. The summed E-state index contributed by atoms with van der Waals surface area (Å²) in [6.07, 6.45) is 1.47. The maximum Gasteiger partial charge on any atom is 0.387 e. The molecule has 0 unspecified atom stereocenters. The number of rotatable bonds is 5. The fourth-order valence-electron chi connectivity index (χ4n) is 2.15. The van der Waals surface area contributed by atoms with Crippen molar-refractivity contribution >= 4 is 5.69 Å². The first-order valence-electron chi connectivity index (χ1n) is 6.74. The summed E-state index contributed by atoms with van der Waals surface area (Å²) in [6.45, 7) is -2.95. The number of aromatic nitrogens is 4. The van der Waals surface area contributed by atoms with Crippen LogP contribution in [0.5, 0.6) is 11.5 Å². The second-order valence-electron chi connectivity index (χ2n) is 4.73. The van der Waals surface area contributed by atoms with Gasteiger partial charge < -0.3 is 19.6 Å². The first-order chi connectivity index (χ1) is 11.5. The third-order valence-electron chi connectivity index (χ3n) is 3.22. The summed E-state index contributed by atoms with van der Waals surface area (Å²) in [7, 11) is 3.03. The van der Waals surface area contributed by atoms with Gasteiger partial charge in [0.15, 0.2) is 11.5 Å². The molecule has 0 radical (unpaired) electrons. The monoisotopic (exact) mass is 337 g/mol. The second kappa shape index (κ2) is 6.14. The van der Waals surface area contributed by atoms with E-state index in [4.69, 9.17) is 14.9 Å². The molecule has 8 nitrogen and oxygen atoms in total. The molecule has 10 heteroatoms. The highest BCUT2D eigenvalue weighted by molar-refractivity contribution is 5.67. The Kier molecular flexibility index (Phi) is 4.02. The van der Waals surface area contributed by atoms with Gasteiger partial charge in [-0.3, -0.25) is 4.68 Å². The third-order valence-corrected chi connectivity index (χ3v) is 3.22. The van der Waals surface area contributed by atoms with Crippen LogP contribution in [0.25, 0.3) is 23.0 Å². The number of anilines is 1. The Morgan fingerprint density at radius 2 is 1.96 bits per heavy atom. The number of halogens is 2. The molecule has 1 aromatic carbocycles. The van der Waals surface area contributed by atoms with Crippen LogP contribution in [-0.4, -0.2) is 33.7 Å². The summed E-state index contributed by atoms with van der Waals surface area (Å²) in [5, 5.41) is 11.9. The molecule has 0 saturated heterocycles. The number of alkyl halides is 2. The fourth-order valence-corrected chi connectivity index (χ4v) is 2.15. The van der Waals surface area contributed by atoms with Crippen molar-refractivity contribution in [3.8, 4) is 34.5 Å². The number of benzene rings is 1. The summed E-state index contributed by atoms with van der Waals surface area (Å²) in [5.41, 5.74) is 7.17. The highest BCUT2D eigenvalue weighted by Crippen LogP contribution is 2.34. The Labute approximate surface area is 134 Å². The molecule has 3 aromatic rings. The topological polar surface area (TPSA) is 101 Å². The van der Waals surface area contributed by atoms with Gasteiger partial charge in [-0.15, -0.1) is 10.2 Å². The standard InChI is InChI=1S/C14H13F2N5O3/c1-21-11(8(17)6-18-21)13-20-19-12(24-13)7-3-4-9(23-14(15)16)10(5-7)22-2/h3-6,14H,17H2,1-2H3. The predicted molar refractivity (Wildman–Crippen MR) is 79.5 cm³/mol. The average molecular weight is 337 g/mol. The van der Waals surface area contributed by atoms with Gasteiger partial charge in [-0.25, -0.2) is 0 Å². The highest BCUT2D eigenvalue weighted by atomic mass is 19.3. The number of ether oxygens (including phenoxy) is 2. The van der Waals surface area contributed by atoms with Gasteiger partial charge in [0.05, 0.1) is 19.0 Å². The average Bonchev–Trinajstić information content (AvgIpc) is 3.14. The largest absolute Gasteiger partial charge is 0.493 e. The van der Waals surface area contributed by atoms with E-state index in [0.717, 1.165) is 0 Å². The minimum Gasteiger partial charge on any atom is -0.493 e. The Morgan fingerprint density at radius 3 is 2.58 bits per heavy atom. The zero-order valence-corrected chi connectivity index (χ0v) is 12.7. The van der Waals surface area contributed by atoms with E-state index in [9.17, 15) is 8.78 Å². The van der Waals surface area contributed by atoms with Crippen LogP contribution in [0.15, 0.2) is 28.8 Å². The van der Waals surface area contributed by atoms with Gasteiger partial charge in [0, 0.05) is 12.6 Å². The highest BCUT2D eigenvalue weighted by Gasteiger charge is 2.18. The molecule has 126 valence electrons. The van der Waals surface area contributed by atoms with Gasteiger partial charge in [0.25, 0.3) is 5.89 Å². The van der Waals surface area contributed by atoms with Crippen molar-refractivity contribution in [3.63, 3.8) is 0 Å². The van der Waals surface area contributed by atoms with E-state index in [1.165, 1.54) is 36.2 Å². The summed E-state index contributed by atoms with van der Waals surface area (Å²) in [5.74, 6) is 0.390. The van der Waals surface area contributed by atoms with Crippen molar-refractivity contribution in [1.29, 1.82) is 0 Å². The Bertz CT molecular complexity index is 842. The lowest BCUT2D eigenvalue weighted by Gasteiger charge is -2.10. The molecular weight excluding hydrogens is 324 g/mol. The maximum atomic E-state index is 12.4. The molecule has 0 saturated carbocycles. The number of aryl methyl sites for hydroxylation is 1. The lowest BCUT2D eigenvalue weighted by atomic mass is 10.2. The normalized spacial score (nSPS) is 11.0. The number of hydrogen-bond acceptors (Lipinski definition) is 7. The summed E-state index contributed by atoms with van der Waals surface area (Å²) in [4.78, 5) is 0. The lowest BCUT2D eigenvalue weighted by Crippen LogP contribution is -2.03. The molecule has 24 heavy (non-hydrogen) atoms. The van der Waals surface area contributed by atoms with Crippen LogP contribution in [-0.2, 0) is 7.05 Å². The van der Waals surface area contributed by atoms with E-state index >= 15 is 0 Å². The molecule has 0 aliphatic carbocycles. The van der Waals surface area contributed by atoms with Crippen molar-refractivity contribution in [2.45, 2.75) is 6.61 Å². The SMILES string of the molecule is COc1cc(-c2nnc(-c3c(N)cnn3C)o2)ccc1OC(F)F. The first kappa shape index (κ1) is 15.7. The molecule has 0 spiro atoms. The van der Waals surface area contributed by atoms with Crippen LogP contribution in [0, 0.1) is 0 Å². The van der Waals surface area contributed by atoms with Gasteiger partial charge in [-0.1, -0.05) is 0 Å². The summed E-state index contributed by atoms with van der Waals surface area (Å²) < 4.78 is 41.2. The van der Waals surface area contributed by atoms with E-state index in [0.29, 0.717) is 16.9 Å². The Balaban J connectivity index is 1.96. The molecule has 2 N–H and O–H groups in total. The first-order valence-corrected chi connectivity index (χ1v) is 6.74. The Morgan fingerprint density at radius 1 is 1.21 bits per heavy atom. The van der Waals surface area contributed by atoms with Crippen LogP contribution in [0.2, 0.25) is 0 Å². The van der Waals surface area contributed by atoms with Gasteiger partial charge in [-0.2, -0.15) is 13.9 Å². The van der Waals surface area contributed by atoms with Crippen LogP contribution < -0.4 is 15.2 Å². The molecule has 3 rings (SSSR count). The molecule has 2 heterocycles. The number of nitrogens with zero attached hydrogens (tertiary/aromatic N) is 4. The number of nitrogen functional groups attached to an aromatic ring is 1. The van der Waals surface area contributed by atoms with E-state index < -0.39 is 6.61 Å². The second-order valence-corrected chi connectivity index (χ2v) is 4.73. The van der Waals surface area contributed by atoms with Crippen molar-refractivity contribution < 1.29 is 22.7 Å². The fraction of sp³-hybridized carbons (Fsp3) is 0.214. The molecule has 0 fully saturated rings. The van der Waals surface area contributed by atoms with Gasteiger partial charge >= 0.3 is 6.61 Å². The van der Waals surface area contributed by atoms with Crippen LogP contribution in [0.3, 0.4) is 0 Å². The predicted octanol–water partition coefficient (Wildman–Crippen LogP) is 2.33. The van der Waals surface area contributed by atoms with Crippen molar-refractivity contribution in [2.24, 2.45) is 7.05 Å². The van der Waals surface area contributed by atoms with E-state index in [1.54, 1.807) is 7.05 Å². The van der Waals surface area contributed by atoms with Gasteiger partial charge in [0.1, 0.15) is 5.69 Å². The van der Waals surface area contributed by atoms with Gasteiger partial charge in [0.2, 0.25) is 5.89 Å². The number of hydrogen-bond donors (Lipinski definition) is 1. The molecule has 0 bridgehead atoms. The number of nitrogens with two attached hydrogens (primary N) is 1. The van der Waals surface area contributed by atoms with Gasteiger partial charge in [-0.05, 0) is 18.2 Å². The Hall–Kier alpha value is -3.17. The van der Waals surface area contributed by atoms with Crippen molar-refractivity contribution in [3.05, 3.63) is 24.4 Å². The minimum absolute atomic E-state index is 0.0909. The number of methoxy groups -OCH3 is 1. The smallest absolute Gasteiger partial charge is 0.387 e. The molecule has 0 amide bonds. The van der Waals surface area contributed by atoms with Crippen molar-refractivity contribution in [2.75, 3.05) is 12.8 Å². The maximum absolute atomic E-state index is 12.4. The van der Waals surface area contributed by atoms with Crippen LogP contribution in [0.1, 0.15) is 0 Å². The molecule has 2 aromatic heterocycles. The molecule has 0 atom stereocenters. The quantitative estimate of drug-likeness (QED) is 0.762. The summed E-state index contributed by atoms with van der Waals surface area (Å²) in [6, 6.07) is 4.30. The van der Waals surface area contributed by atoms with Crippen LogP contribution in [0.4, 0.5) is 14.5 Å². The zero-order valence-electron chi connectivity index (χ0n) is 12.7. The summed E-state index contributed by atoms with van der Waals surface area (Å²) >= 11 is 0. The van der Waals surface area contributed by atoms with E-state index in [-0.39, 0.29) is 23.3 Å². The molecular formula is C14H13F2N5O3. The minimum atomic E-state index is -2.95. The van der Waals surface area contributed by atoms with E-state index in [2.05, 4.69) is 20.0 Å². The van der Waals surface area contributed by atoms with Crippen molar-refractivity contribution in [1.82, 2.24) is 20.0 Å². The van der Waals surface area contributed by atoms with Crippen LogP contribution >= 0.6 is 0 Å². The molecule has 0 aliphatic rings. The van der Waals surface area contributed by atoms with E-state index in [1.807, 2.05) is 0 Å². The molecule has 0 aliphatic heterocycles. The third kappa shape index (κ3) is 2.85. The lowest BCUT2D eigenvalue weighted by molar-refractivity contribution is -0.0512.